The van der Waals surface area contributed by atoms with E-state index in [1.54, 1.807) is 18.7 Å². The summed E-state index contributed by atoms with van der Waals surface area (Å²) in [6.07, 6.45) is 6.12. The molecule has 0 aromatic carbocycles. The number of hydrogen-bond donors (Lipinski definition) is 1. The molecule has 0 aromatic rings. The van der Waals surface area contributed by atoms with Crippen LogP contribution in [0.1, 0.15) is 52.9 Å². The van der Waals surface area contributed by atoms with Crippen LogP contribution < -0.4 is 0 Å². The number of nitrogens with zero attached hydrogens (tertiary/aromatic N) is 1. The van der Waals surface area contributed by atoms with Crippen LogP contribution in [0.15, 0.2) is 0 Å². The Morgan fingerprint density at radius 2 is 1.52 bits per heavy atom. The maximum Gasteiger partial charge on any atom is 0.329 e. The van der Waals surface area contributed by atoms with Gasteiger partial charge in [0, 0.05) is 12.5 Å². The van der Waals surface area contributed by atoms with E-state index in [0.717, 1.165) is 11.8 Å². The minimum atomic E-state index is -1.11. The van der Waals surface area contributed by atoms with Crippen LogP contribution in [0.4, 0.5) is 0 Å². The van der Waals surface area contributed by atoms with E-state index in [0.29, 0.717) is 18.4 Å². The Bertz CT molecular complexity index is 429. The standard InChI is InChI=1S/C17H27NO3/c1-4-18(17(2,3)16(20)21)15(19)14-12-6-10-5-11(8-12)9-13(14)7-10/h10-14H,4-9H2,1-3H3,(H,20,21). The van der Waals surface area contributed by atoms with Crippen LogP contribution in [-0.2, 0) is 9.59 Å². The highest BCUT2D eigenvalue weighted by Crippen LogP contribution is 2.57. The molecule has 4 bridgehead atoms. The average molecular weight is 293 g/mol. The summed E-state index contributed by atoms with van der Waals surface area (Å²) in [5, 5.41) is 9.45. The smallest absolute Gasteiger partial charge is 0.329 e. The van der Waals surface area contributed by atoms with Crippen LogP contribution in [-0.4, -0.2) is 34.0 Å². The van der Waals surface area contributed by atoms with Gasteiger partial charge in [-0.05, 0) is 76.5 Å². The minimum absolute atomic E-state index is 0.0800. The Morgan fingerprint density at radius 1 is 1.05 bits per heavy atom. The van der Waals surface area contributed by atoms with E-state index in [1.165, 1.54) is 32.1 Å². The molecule has 118 valence electrons. The predicted molar refractivity (Wildman–Crippen MR) is 79.6 cm³/mol. The second-order valence-electron chi connectivity index (χ2n) is 7.90. The van der Waals surface area contributed by atoms with Crippen molar-refractivity contribution < 1.29 is 14.7 Å². The molecule has 4 aliphatic carbocycles. The van der Waals surface area contributed by atoms with Crippen molar-refractivity contribution in [2.24, 2.45) is 29.6 Å². The fourth-order valence-corrected chi connectivity index (χ4v) is 5.45. The number of carbonyl (C=O) groups excluding carboxylic acids is 1. The number of carboxylic acids is 1. The van der Waals surface area contributed by atoms with E-state index < -0.39 is 11.5 Å². The van der Waals surface area contributed by atoms with E-state index in [1.807, 2.05) is 6.92 Å². The Hall–Kier alpha value is -1.06. The molecule has 0 heterocycles. The zero-order valence-electron chi connectivity index (χ0n) is 13.3. The van der Waals surface area contributed by atoms with Gasteiger partial charge >= 0.3 is 5.97 Å². The number of aliphatic carboxylic acids is 1. The molecule has 4 saturated carbocycles. The zero-order valence-corrected chi connectivity index (χ0v) is 13.3. The molecule has 1 N–H and O–H groups in total. The largest absolute Gasteiger partial charge is 0.480 e. The first-order chi connectivity index (χ1) is 9.84. The Morgan fingerprint density at radius 3 is 1.90 bits per heavy atom. The van der Waals surface area contributed by atoms with Crippen molar-refractivity contribution in [1.29, 1.82) is 0 Å². The van der Waals surface area contributed by atoms with Gasteiger partial charge in [-0.2, -0.15) is 0 Å². The van der Waals surface area contributed by atoms with Crippen molar-refractivity contribution in [3.8, 4) is 0 Å². The molecular formula is C17H27NO3. The number of carbonyl (C=O) groups is 2. The van der Waals surface area contributed by atoms with E-state index in [-0.39, 0.29) is 11.8 Å². The molecule has 21 heavy (non-hydrogen) atoms. The quantitative estimate of drug-likeness (QED) is 0.867. The highest BCUT2D eigenvalue weighted by Gasteiger charge is 2.53. The van der Waals surface area contributed by atoms with Gasteiger partial charge in [-0.25, -0.2) is 4.79 Å². The molecule has 0 spiro atoms. The molecule has 4 aliphatic rings. The molecule has 4 rings (SSSR count). The van der Waals surface area contributed by atoms with Gasteiger partial charge in [0.25, 0.3) is 0 Å². The lowest BCUT2D eigenvalue weighted by atomic mass is 9.51. The van der Waals surface area contributed by atoms with E-state index in [4.69, 9.17) is 0 Å². The van der Waals surface area contributed by atoms with Crippen LogP contribution in [0.3, 0.4) is 0 Å². The first kappa shape index (κ1) is 14.9. The predicted octanol–water partition coefficient (Wildman–Crippen LogP) is 2.77. The van der Waals surface area contributed by atoms with Crippen LogP contribution in [0.5, 0.6) is 0 Å². The monoisotopic (exact) mass is 293 g/mol. The lowest BCUT2D eigenvalue weighted by Gasteiger charge is -2.55. The third-order valence-corrected chi connectivity index (χ3v) is 6.29. The maximum absolute atomic E-state index is 13.1. The van der Waals surface area contributed by atoms with E-state index >= 15 is 0 Å². The summed E-state index contributed by atoms with van der Waals surface area (Å²) in [6.45, 7) is 5.65. The lowest BCUT2D eigenvalue weighted by Crippen LogP contribution is -2.59. The molecule has 0 atom stereocenters. The highest BCUT2D eigenvalue weighted by atomic mass is 16.4. The number of carboxylic acid groups (broad SMARTS) is 1. The van der Waals surface area contributed by atoms with Gasteiger partial charge in [-0.15, -0.1) is 0 Å². The van der Waals surface area contributed by atoms with Crippen molar-refractivity contribution >= 4 is 11.9 Å². The first-order valence-corrected chi connectivity index (χ1v) is 8.39. The summed E-state index contributed by atoms with van der Waals surface area (Å²) < 4.78 is 0. The Balaban J connectivity index is 1.82. The summed E-state index contributed by atoms with van der Waals surface area (Å²) in [4.78, 5) is 26.2. The Kier molecular flexibility index (Phi) is 3.53. The summed E-state index contributed by atoms with van der Waals surface area (Å²) in [5.41, 5.74) is -1.11. The van der Waals surface area contributed by atoms with Crippen LogP contribution >= 0.6 is 0 Å². The molecule has 4 heteroatoms. The third kappa shape index (κ3) is 2.27. The number of rotatable bonds is 4. The van der Waals surface area contributed by atoms with Crippen molar-refractivity contribution in [3.05, 3.63) is 0 Å². The van der Waals surface area contributed by atoms with Gasteiger partial charge in [0.1, 0.15) is 5.54 Å². The average Bonchev–Trinajstić information content (AvgIpc) is 2.37. The molecule has 0 aliphatic heterocycles. The fraction of sp³-hybridized carbons (Fsp3) is 0.882. The summed E-state index contributed by atoms with van der Waals surface area (Å²) in [7, 11) is 0. The molecule has 0 unspecified atom stereocenters. The minimum Gasteiger partial charge on any atom is -0.480 e. The number of hydrogen-bond acceptors (Lipinski definition) is 2. The molecule has 0 aromatic heterocycles. The Labute approximate surface area is 126 Å². The van der Waals surface area contributed by atoms with Crippen molar-refractivity contribution in [1.82, 2.24) is 4.90 Å². The van der Waals surface area contributed by atoms with Crippen LogP contribution in [0, 0.1) is 29.6 Å². The van der Waals surface area contributed by atoms with Crippen LogP contribution in [0.25, 0.3) is 0 Å². The second kappa shape index (κ2) is 4.99. The second-order valence-corrected chi connectivity index (χ2v) is 7.90. The van der Waals surface area contributed by atoms with Gasteiger partial charge in [0.05, 0.1) is 0 Å². The van der Waals surface area contributed by atoms with Gasteiger partial charge in [0.15, 0.2) is 0 Å². The molecule has 4 fully saturated rings. The van der Waals surface area contributed by atoms with Gasteiger partial charge in [-0.3, -0.25) is 4.79 Å². The molecule has 4 nitrogen and oxygen atoms in total. The van der Waals surface area contributed by atoms with Crippen LogP contribution in [0.2, 0.25) is 0 Å². The number of likely N-dealkylation sites (N-methyl/N-ethyl adjacent to an activating group) is 1. The fourth-order valence-electron chi connectivity index (χ4n) is 5.45. The van der Waals surface area contributed by atoms with Gasteiger partial charge in [-0.1, -0.05) is 0 Å². The van der Waals surface area contributed by atoms with Gasteiger partial charge in [0.2, 0.25) is 5.91 Å². The van der Waals surface area contributed by atoms with Crippen molar-refractivity contribution in [2.45, 2.75) is 58.4 Å². The van der Waals surface area contributed by atoms with Crippen molar-refractivity contribution in [2.75, 3.05) is 6.54 Å². The molecule has 0 radical (unpaired) electrons. The van der Waals surface area contributed by atoms with E-state index in [2.05, 4.69) is 0 Å². The number of amides is 1. The topological polar surface area (TPSA) is 57.6 Å². The van der Waals surface area contributed by atoms with E-state index in [9.17, 15) is 14.7 Å². The lowest BCUT2D eigenvalue weighted by molar-refractivity contribution is -0.165. The summed E-state index contributed by atoms with van der Waals surface area (Å²) in [6, 6.07) is 0. The summed E-state index contributed by atoms with van der Waals surface area (Å²) >= 11 is 0. The maximum atomic E-state index is 13.1. The summed E-state index contributed by atoms with van der Waals surface area (Å²) in [5.74, 6) is 1.94. The molecule has 1 amide bonds. The van der Waals surface area contributed by atoms with Crippen molar-refractivity contribution in [3.63, 3.8) is 0 Å². The third-order valence-electron chi connectivity index (χ3n) is 6.29. The first-order valence-electron chi connectivity index (χ1n) is 8.39. The molecule has 0 saturated heterocycles. The van der Waals surface area contributed by atoms with Gasteiger partial charge < -0.3 is 10.0 Å². The normalized spacial score (nSPS) is 37.6. The highest BCUT2D eigenvalue weighted by molar-refractivity contribution is 5.88. The molecular weight excluding hydrogens is 266 g/mol. The zero-order chi connectivity index (χ0) is 15.4. The SMILES string of the molecule is CCN(C(=O)C1C2CC3CC(C2)CC1C3)C(C)(C)C(=O)O.